The van der Waals surface area contributed by atoms with Crippen LogP contribution >= 0.6 is 19.4 Å². The topological polar surface area (TPSA) is 98.1 Å². The summed E-state index contributed by atoms with van der Waals surface area (Å²) in [5.74, 6) is -0.206. The van der Waals surface area contributed by atoms with Crippen LogP contribution in [0.15, 0.2) is 46.2 Å². The van der Waals surface area contributed by atoms with Crippen molar-refractivity contribution in [3.63, 3.8) is 0 Å². The molecule has 1 amide bonds. The molecule has 0 atom stereocenters. The van der Waals surface area contributed by atoms with Crippen LogP contribution in [0.5, 0.6) is 5.75 Å². The molecule has 1 aliphatic rings. The summed E-state index contributed by atoms with van der Waals surface area (Å²) < 4.78 is 11.7. The molecule has 1 aliphatic heterocycles. The van der Waals surface area contributed by atoms with Crippen molar-refractivity contribution >= 4 is 37.0 Å². The highest BCUT2D eigenvalue weighted by molar-refractivity contribution is 8.04. The molecule has 3 rings (SSSR count). The number of amides is 1. The Balaban J connectivity index is 2.17. The second-order valence-electron chi connectivity index (χ2n) is 10.1. The molecule has 32 heavy (non-hydrogen) atoms. The third-order valence-electron chi connectivity index (χ3n) is 5.20. The number of aromatic hydroxyl groups is 1. The maximum absolute atomic E-state index is 13.2. The molecule has 0 bridgehead atoms. The monoisotopic (exact) mass is 475 g/mol. The van der Waals surface area contributed by atoms with Gasteiger partial charge in [-0.15, -0.1) is 0 Å². The average Bonchev–Trinajstić information content (AvgIpc) is 2.63. The van der Waals surface area contributed by atoms with Crippen LogP contribution < -0.4 is 4.90 Å². The molecular formula is C24H30NO5PS. The lowest BCUT2D eigenvalue weighted by Gasteiger charge is -2.31. The van der Waals surface area contributed by atoms with E-state index in [9.17, 15) is 24.3 Å². The minimum absolute atomic E-state index is 0.253. The molecule has 0 fully saturated rings. The van der Waals surface area contributed by atoms with Crippen molar-refractivity contribution in [2.75, 3.05) is 11.2 Å². The lowest BCUT2D eigenvalue weighted by atomic mass is 9.78. The Hall–Kier alpha value is -2.05. The van der Waals surface area contributed by atoms with Crippen molar-refractivity contribution in [2.24, 2.45) is 0 Å². The summed E-state index contributed by atoms with van der Waals surface area (Å²) in [6.45, 7) is 12.1. The van der Waals surface area contributed by atoms with E-state index in [0.29, 0.717) is 10.6 Å². The summed E-state index contributed by atoms with van der Waals surface area (Å²) in [6.07, 6.45) is 1.05. The number of hydrogen-bond acceptors (Lipinski definition) is 4. The number of hydrogen-bond donors (Lipinski definition) is 3. The van der Waals surface area contributed by atoms with E-state index < -0.39 is 19.8 Å². The predicted molar refractivity (Wildman–Crippen MR) is 130 cm³/mol. The number of phenols is 1. The molecule has 0 aliphatic carbocycles. The van der Waals surface area contributed by atoms with Gasteiger partial charge >= 0.3 is 7.60 Å². The van der Waals surface area contributed by atoms with E-state index in [1.165, 1.54) is 11.8 Å². The maximum atomic E-state index is 13.2. The minimum atomic E-state index is -4.47. The van der Waals surface area contributed by atoms with Crippen LogP contribution in [0.4, 0.5) is 5.69 Å². The van der Waals surface area contributed by atoms with E-state index in [2.05, 4.69) is 0 Å². The zero-order valence-electron chi connectivity index (χ0n) is 19.2. The van der Waals surface area contributed by atoms with Gasteiger partial charge in [-0.25, -0.2) is 0 Å². The number of carbonyl (C=O) groups is 1. The second-order valence-corrected chi connectivity index (χ2v) is 12.8. The fraction of sp³-hybridized carbons (Fsp3) is 0.375. The molecule has 0 unspecified atom stereocenters. The quantitative estimate of drug-likeness (QED) is 0.395. The Labute approximate surface area is 193 Å². The predicted octanol–water partition coefficient (Wildman–Crippen LogP) is 5.60. The molecule has 0 aromatic heterocycles. The first kappa shape index (κ1) is 24.6. The smallest absolute Gasteiger partial charge is 0.345 e. The van der Waals surface area contributed by atoms with Gasteiger partial charge in [-0.3, -0.25) is 14.3 Å². The number of fused-ring (bicyclic) bond motifs is 1. The van der Waals surface area contributed by atoms with Crippen molar-refractivity contribution < 1.29 is 24.3 Å². The van der Waals surface area contributed by atoms with Crippen molar-refractivity contribution in [1.82, 2.24) is 0 Å². The summed E-state index contributed by atoms with van der Waals surface area (Å²) >= 11 is 1.28. The zero-order chi connectivity index (χ0) is 24.1. The Morgan fingerprint density at radius 2 is 1.53 bits per heavy atom. The van der Waals surface area contributed by atoms with Crippen molar-refractivity contribution in [3.05, 3.63) is 58.0 Å². The van der Waals surface area contributed by atoms with Gasteiger partial charge < -0.3 is 14.9 Å². The summed E-state index contributed by atoms with van der Waals surface area (Å²) in [5.41, 5.74) is 2.15. The van der Waals surface area contributed by atoms with E-state index in [0.717, 1.165) is 26.5 Å². The normalized spacial score (nSPS) is 16.4. The number of rotatable bonds is 3. The number of phenolic OH excluding ortho intramolecular Hbond substituents is 1. The molecule has 0 saturated heterocycles. The molecule has 6 nitrogen and oxygen atoms in total. The van der Waals surface area contributed by atoms with Crippen molar-refractivity contribution in [2.45, 2.75) is 57.3 Å². The highest BCUT2D eigenvalue weighted by atomic mass is 32.2. The number of para-hydroxylation sites is 1. The van der Waals surface area contributed by atoms with Gasteiger partial charge in [0.25, 0.3) is 5.91 Å². The molecule has 0 spiro atoms. The van der Waals surface area contributed by atoms with Gasteiger partial charge in [-0.1, -0.05) is 65.4 Å². The van der Waals surface area contributed by atoms with Crippen LogP contribution in [-0.4, -0.2) is 27.1 Å². The zero-order valence-corrected chi connectivity index (χ0v) is 20.9. The summed E-state index contributed by atoms with van der Waals surface area (Å²) in [7, 11) is -4.47. The van der Waals surface area contributed by atoms with Crippen LogP contribution in [0.3, 0.4) is 0 Å². The molecular weight excluding hydrogens is 445 g/mol. The fourth-order valence-electron chi connectivity index (χ4n) is 3.62. The minimum Gasteiger partial charge on any atom is -0.507 e. The SMILES string of the molecule is CC(C)(C)c1cc(/C=C2/Sc3ccccc3N(CP(=O)(O)O)C2=O)cc(C(C)(C)C)c1O. The number of thioether (sulfide) groups is 1. The van der Waals surface area contributed by atoms with Crippen LogP contribution in [-0.2, 0) is 20.2 Å². The molecule has 8 heteroatoms. The van der Waals surface area contributed by atoms with Gasteiger partial charge in [0.05, 0.1) is 10.6 Å². The van der Waals surface area contributed by atoms with Crippen molar-refractivity contribution in [3.8, 4) is 5.75 Å². The average molecular weight is 476 g/mol. The van der Waals surface area contributed by atoms with Gasteiger partial charge in [-0.2, -0.15) is 0 Å². The lowest BCUT2D eigenvalue weighted by Crippen LogP contribution is -2.35. The first-order valence-corrected chi connectivity index (χ1v) is 12.9. The number of anilines is 1. The van der Waals surface area contributed by atoms with E-state index in [4.69, 9.17) is 0 Å². The van der Waals surface area contributed by atoms with Crippen LogP contribution in [0.1, 0.15) is 58.2 Å². The Morgan fingerprint density at radius 3 is 2.03 bits per heavy atom. The van der Waals surface area contributed by atoms with E-state index in [1.807, 2.05) is 65.8 Å². The van der Waals surface area contributed by atoms with Gasteiger partial charge in [0.15, 0.2) is 0 Å². The van der Waals surface area contributed by atoms with E-state index in [-0.39, 0.29) is 16.6 Å². The van der Waals surface area contributed by atoms with Crippen LogP contribution in [0.2, 0.25) is 0 Å². The lowest BCUT2D eigenvalue weighted by molar-refractivity contribution is -0.114. The highest BCUT2D eigenvalue weighted by Gasteiger charge is 2.34. The summed E-state index contributed by atoms with van der Waals surface area (Å²) in [5, 5.41) is 11.0. The van der Waals surface area contributed by atoms with Gasteiger partial charge in [0, 0.05) is 16.0 Å². The molecule has 2 aromatic carbocycles. The maximum Gasteiger partial charge on any atom is 0.345 e. The first-order valence-electron chi connectivity index (χ1n) is 10.3. The first-order chi connectivity index (χ1) is 14.6. The van der Waals surface area contributed by atoms with E-state index in [1.54, 1.807) is 18.2 Å². The molecule has 1 heterocycles. The Morgan fingerprint density at radius 1 is 1.00 bits per heavy atom. The summed E-state index contributed by atoms with van der Waals surface area (Å²) in [4.78, 5) is 34.6. The molecule has 3 N–H and O–H groups in total. The Kier molecular flexibility index (Phi) is 6.44. The standard InChI is InChI=1S/C24H30NO5PS/c1-23(2,3)16-11-15(12-17(21(16)26)24(4,5)6)13-20-22(27)25(14-31(28,29)30)18-9-7-8-10-19(18)32-20/h7-13,26H,14H2,1-6H3,(H2,28,29,30)/b20-13+. The van der Waals surface area contributed by atoms with E-state index >= 15 is 0 Å². The Bertz CT molecular complexity index is 1100. The third kappa shape index (κ3) is 5.29. The van der Waals surface area contributed by atoms with Crippen LogP contribution in [0.25, 0.3) is 6.08 Å². The highest BCUT2D eigenvalue weighted by Crippen LogP contribution is 2.47. The number of nitrogens with zero attached hydrogens (tertiary/aromatic N) is 1. The molecule has 172 valence electrons. The van der Waals surface area contributed by atoms with Crippen LogP contribution in [0, 0.1) is 0 Å². The van der Waals surface area contributed by atoms with Gasteiger partial charge in [0.2, 0.25) is 0 Å². The number of carbonyl (C=O) groups excluding carboxylic acids is 1. The largest absolute Gasteiger partial charge is 0.507 e. The fourth-order valence-corrected chi connectivity index (χ4v) is 5.33. The van der Waals surface area contributed by atoms with Crippen molar-refractivity contribution in [1.29, 1.82) is 0 Å². The molecule has 0 radical (unpaired) electrons. The van der Waals surface area contributed by atoms with Gasteiger partial charge in [0.1, 0.15) is 12.0 Å². The second kappa shape index (κ2) is 8.38. The third-order valence-corrected chi connectivity index (χ3v) is 6.93. The summed E-state index contributed by atoms with van der Waals surface area (Å²) in [6, 6.07) is 10.8. The molecule has 0 saturated carbocycles. The molecule has 2 aromatic rings. The van der Waals surface area contributed by atoms with Gasteiger partial charge in [-0.05, 0) is 46.7 Å². The number of benzene rings is 2.